The number of hydrogen-bond donors (Lipinski definition) is 2. The molecule has 1 aliphatic heterocycles. The molecule has 2 rings (SSSR count). The monoisotopic (exact) mass is 293 g/mol. The van der Waals surface area contributed by atoms with Crippen molar-refractivity contribution in [2.75, 3.05) is 50.5 Å². The summed E-state index contributed by atoms with van der Waals surface area (Å²) in [7, 11) is 2.13. The lowest BCUT2D eigenvalue weighted by Gasteiger charge is -2.30. The van der Waals surface area contributed by atoms with E-state index in [2.05, 4.69) is 46.4 Å². The van der Waals surface area contributed by atoms with Crippen molar-refractivity contribution in [3.63, 3.8) is 0 Å². The Labute approximate surface area is 127 Å². The van der Waals surface area contributed by atoms with Crippen LogP contribution >= 0.6 is 0 Å². The van der Waals surface area contributed by atoms with E-state index in [1.807, 2.05) is 6.92 Å². The van der Waals surface area contributed by atoms with E-state index in [1.165, 1.54) is 0 Å². The molecule has 0 amide bonds. The standard InChI is InChI=1S/C15H27N5O/c1-5-13-18-14(16-6-2)11(3)15(19-13)17-9-12-10-20(4)7-8-21-12/h12H,5-10H2,1-4H3,(H2,16,17,18,19). The van der Waals surface area contributed by atoms with E-state index in [1.54, 1.807) is 0 Å². The molecule has 0 aromatic carbocycles. The Morgan fingerprint density at radius 2 is 1.95 bits per heavy atom. The van der Waals surface area contributed by atoms with Crippen molar-refractivity contribution in [3.8, 4) is 0 Å². The van der Waals surface area contributed by atoms with Gasteiger partial charge in [-0.1, -0.05) is 6.92 Å². The van der Waals surface area contributed by atoms with Gasteiger partial charge < -0.3 is 20.3 Å². The molecule has 6 heteroatoms. The molecule has 2 heterocycles. The predicted molar refractivity (Wildman–Crippen MR) is 86.0 cm³/mol. The fourth-order valence-corrected chi connectivity index (χ4v) is 2.43. The molecular weight excluding hydrogens is 266 g/mol. The Morgan fingerprint density at radius 1 is 1.24 bits per heavy atom. The molecule has 1 aromatic rings. The lowest BCUT2D eigenvalue weighted by atomic mass is 10.2. The van der Waals surface area contributed by atoms with Crippen LogP contribution in [0.25, 0.3) is 0 Å². The van der Waals surface area contributed by atoms with Crippen molar-refractivity contribution in [2.24, 2.45) is 0 Å². The molecule has 1 aromatic heterocycles. The minimum Gasteiger partial charge on any atom is -0.374 e. The van der Waals surface area contributed by atoms with Crippen LogP contribution in [0.3, 0.4) is 0 Å². The number of aromatic nitrogens is 2. The molecule has 118 valence electrons. The van der Waals surface area contributed by atoms with E-state index in [9.17, 15) is 0 Å². The zero-order chi connectivity index (χ0) is 15.2. The lowest BCUT2D eigenvalue weighted by molar-refractivity contribution is -0.0117. The second kappa shape index (κ2) is 7.56. The van der Waals surface area contributed by atoms with Crippen molar-refractivity contribution in [3.05, 3.63) is 11.4 Å². The van der Waals surface area contributed by atoms with Crippen LogP contribution in [0.5, 0.6) is 0 Å². The molecule has 1 fully saturated rings. The van der Waals surface area contributed by atoms with Gasteiger partial charge in [0.25, 0.3) is 0 Å². The SMILES string of the molecule is CCNc1nc(CC)nc(NCC2CN(C)CCO2)c1C. The third-order valence-corrected chi connectivity index (χ3v) is 3.69. The second-order valence-corrected chi connectivity index (χ2v) is 5.48. The van der Waals surface area contributed by atoms with Gasteiger partial charge in [-0.3, -0.25) is 0 Å². The number of aryl methyl sites for hydroxylation is 1. The molecule has 0 bridgehead atoms. The van der Waals surface area contributed by atoms with Crippen LogP contribution in [0.4, 0.5) is 11.6 Å². The molecule has 0 spiro atoms. The Balaban J connectivity index is 2.05. The van der Waals surface area contributed by atoms with Crippen LogP contribution in [0.15, 0.2) is 0 Å². The molecule has 1 aliphatic rings. The van der Waals surface area contributed by atoms with E-state index in [-0.39, 0.29) is 6.10 Å². The van der Waals surface area contributed by atoms with Gasteiger partial charge in [-0.05, 0) is 20.9 Å². The summed E-state index contributed by atoms with van der Waals surface area (Å²) >= 11 is 0. The van der Waals surface area contributed by atoms with Crippen molar-refractivity contribution in [1.29, 1.82) is 0 Å². The average Bonchev–Trinajstić information content (AvgIpc) is 2.48. The zero-order valence-corrected chi connectivity index (χ0v) is 13.6. The number of morpholine rings is 1. The van der Waals surface area contributed by atoms with E-state index in [0.29, 0.717) is 0 Å². The first-order valence-electron chi connectivity index (χ1n) is 7.79. The molecule has 1 atom stereocenters. The van der Waals surface area contributed by atoms with Gasteiger partial charge in [0.05, 0.1) is 12.7 Å². The van der Waals surface area contributed by atoms with Gasteiger partial charge in [-0.25, -0.2) is 9.97 Å². The molecule has 0 aliphatic carbocycles. The maximum atomic E-state index is 5.78. The molecule has 0 radical (unpaired) electrons. The Hall–Kier alpha value is -1.40. The molecule has 1 saturated heterocycles. The van der Waals surface area contributed by atoms with E-state index in [0.717, 1.165) is 62.2 Å². The van der Waals surface area contributed by atoms with Crippen LogP contribution in [0, 0.1) is 6.92 Å². The molecule has 1 unspecified atom stereocenters. The van der Waals surface area contributed by atoms with E-state index in [4.69, 9.17) is 4.74 Å². The van der Waals surface area contributed by atoms with Crippen LogP contribution in [0.1, 0.15) is 25.2 Å². The third-order valence-electron chi connectivity index (χ3n) is 3.69. The van der Waals surface area contributed by atoms with Crippen molar-refractivity contribution >= 4 is 11.6 Å². The summed E-state index contributed by atoms with van der Waals surface area (Å²) in [6.45, 7) is 10.6. The number of likely N-dealkylation sites (N-methyl/N-ethyl adjacent to an activating group) is 1. The van der Waals surface area contributed by atoms with Gasteiger partial charge in [-0.2, -0.15) is 0 Å². The minimum absolute atomic E-state index is 0.214. The number of anilines is 2. The third kappa shape index (κ3) is 4.28. The number of ether oxygens (including phenoxy) is 1. The normalized spacial score (nSPS) is 19.5. The number of hydrogen-bond acceptors (Lipinski definition) is 6. The quantitative estimate of drug-likeness (QED) is 0.829. The molecule has 6 nitrogen and oxygen atoms in total. The van der Waals surface area contributed by atoms with Crippen molar-refractivity contribution < 1.29 is 4.74 Å². The highest BCUT2D eigenvalue weighted by atomic mass is 16.5. The zero-order valence-electron chi connectivity index (χ0n) is 13.6. The number of nitrogens with zero attached hydrogens (tertiary/aromatic N) is 3. The maximum absolute atomic E-state index is 5.78. The summed E-state index contributed by atoms with van der Waals surface area (Å²) in [5.74, 6) is 2.70. The Morgan fingerprint density at radius 3 is 2.57 bits per heavy atom. The summed E-state index contributed by atoms with van der Waals surface area (Å²) < 4.78 is 5.78. The summed E-state index contributed by atoms with van der Waals surface area (Å²) in [5, 5.41) is 6.74. The fourth-order valence-electron chi connectivity index (χ4n) is 2.43. The first-order chi connectivity index (χ1) is 10.1. The predicted octanol–water partition coefficient (Wildman–Crippen LogP) is 1.52. The smallest absolute Gasteiger partial charge is 0.134 e. The van der Waals surface area contributed by atoms with Gasteiger partial charge in [0, 0.05) is 38.2 Å². The van der Waals surface area contributed by atoms with Crippen molar-refractivity contribution in [1.82, 2.24) is 14.9 Å². The van der Waals surface area contributed by atoms with E-state index < -0.39 is 0 Å². The van der Waals surface area contributed by atoms with Crippen molar-refractivity contribution in [2.45, 2.75) is 33.3 Å². The largest absolute Gasteiger partial charge is 0.374 e. The fraction of sp³-hybridized carbons (Fsp3) is 0.733. The van der Waals surface area contributed by atoms with Gasteiger partial charge in [-0.15, -0.1) is 0 Å². The first kappa shape index (κ1) is 16.0. The van der Waals surface area contributed by atoms with Crippen LogP contribution < -0.4 is 10.6 Å². The minimum atomic E-state index is 0.214. The molecule has 2 N–H and O–H groups in total. The summed E-state index contributed by atoms with van der Waals surface area (Å²) in [6.07, 6.45) is 1.04. The first-order valence-corrected chi connectivity index (χ1v) is 7.79. The van der Waals surface area contributed by atoms with Crippen LogP contribution in [0.2, 0.25) is 0 Å². The Bertz CT molecular complexity index is 466. The van der Waals surface area contributed by atoms with Gasteiger partial charge in [0.2, 0.25) is 0 Å². The van der Waals surface area contributed by atoms with E-state index >= 15 is 0 Å². The Kier molecular flexibility index (Phi) is 5.76. The highest BCUT2D eigenvalue weighted by Crippen LogP contribution is 2.20. The summed E-state index contributed by atoms with van der Waals surface area (Å²) in [4.78, 5) is 11.4. The molecule has 21 heavy (non-hydrogen) atoms. The highest BCUT2D eigenvalue weighted by Gasteiger charge is 2.18. The lowest BCUT2D eigenvalue weighted by Crippen LogP contribution is -2.43. The average molecular weight is 293 g/mol. The van der Waals surface area contributed by atoms with Crippen LogP contribution in [-0.4, -0.2) is 60.8 Å². The molecule has 0 saturated carbocycles. The topological polar surface area (TPSA) is 62.3 Å². The van der Waals surface area contributed by atoms with Gasteiger partial charge in [0.1, 0.15) is 17.5 Å². The summed E-state index contributed by atoms with van der Waals surface area (Å²) in [6, 6.07) is 0. The highest BCUT2D eigenvalue weighted by molar-refractivity contribution is 5.57. The molecular formula is C15H27N5O. The van der Waals surface area contributed by atoms with Gasteiger partial charge in [0.15, 0.2) is 0 Å². The van der Waals surface area contributed by atoms with Gasteiger partial charge >= 0.3 is 0 Å². The second-order valence-electron chi connectivity index (χ2n) is 5.48. The number of nitrogens with one attached hydrogen (secondary N) is 2. The van der Waals surface area contributed by atoms with Crippen LogP contribution in [-0.2, 0) is 11.2 Å². The number of rotatable bonds is 6. The maximum Gasteiger partial charge on any atom is 0.134 e. The summed E-state index contributed by atoms with van der Waals surface area (Å²) in [5.41, 5.74) is 1.07.